The minimum absolute atomic E-state index is 0.0671. The molecular formula is C13H24N2O4. The van der Waals surface area contributed by atoms with E-state index in [0.717, 1.165) is 12.8 Å². The standard InChI is InChI=1S/C13H24N2O4/c1-9(2)15(8-10-4-5-10)13(18)14-11(12(16)17)6-7-19-3/h9-11H,4-8H2,1-3H3,(H,14,18)(H,16,17). The summed E-state index contributed by atoms with van der Waals surface area (Å²) in [6.45, 7) is 4.89. The fraction of sp³-hybridized carbons (Fsp3) is 0.846. The molecule has 0 spiro atoms. The van der Waals surface area contributed by atoms with Crippen LogP contribution >= 0.6 is 0 Å². The molecule has 2 N–H and O–H groups in total. The number of carbonyl (C=O) groups is 2. The summed E-state index contributed by atoms with van der Waals surface area (Å²) in [5.41, 5.74) is 0. The molecule has 1 saturated carbocycles. The number of aliphatic carboxylic acids is 1. The molecule has 0 radical (unpaired) electrons. The summed E-state index contributed by atoms with van der Waals surface area (Å²) in [7, 11) is 1.51. The highest BCUT2D eigenvalue weighted by molar-refractivity contribution is 5.82. The Morgan fingerprint density at radius 2 is 2.05 bits per heavy atom. The molecule has 1 fully saturated rings. The van der Waals surface area contributed by atoms with Gasteiger partial charge in [0.15, 0.2) is 0 Å². The predicted octanol–water partition coefficient (Wildman–Crippen LogP) is 1.31. The van der Waals surface area contributed by atoms with Crippen LogP contribution in [0.3, 0.4) is 0 Å². The van der Waals surface area contributed by atoms with E-state index < -0.39 is 12.0 Å². The summed E-state index contributed by atoms with van der Waals surface area (Å²) < 4.78 is 4.86. The Kier molecular flexibility index (Phi) is 6.08. The van der Waals surface area contributed by atoms with Gasteiger partial charge < -0.3 is 20.1 Å². The van der Waals surface area contributed by atoms with E-state index >= 15 is 0 Å². The molecule has 1 aliphatic rings. The Morgan fingerprint density at radius 1 is 1.42 bits per heavy atom. The topological polar surface area (TPSA) is 78.9 Å². The second kappa shape index (κ2) is 7.33. The average molecular weight is 272 g/mol. The molecule has 2 amide bonds. The van der Waals surface area contributed by atoms with Gasteiger partial charge in [-0.15, -0.1) is 0 Å². The van der Waals surface area contributed by atoms with E-state index in [0.29, 0.717) is 19.1 Å². The zero-order valence-corrected chi connectivity index (χ0v) is 11.9. The third-order valence-corrected chi connectivity index (χ3v) is 3.24. The highest BCUT2D eigenvalue weighted by Crippen LogP contribution is 2.30. The minimum atomic E-state index is -1.03. The quantitative estimate of drug-likeness (QED) is 0.698. The molecule has 0 saturated heterocycles. The molecule has 0 heterocycles. The first-order chi connectivity index (χ1) is 8.95. The van der Waals surface area contributed by atoms with E-state index in [9.17, 15) is 9.59 Å². The smallest absolute Gasteiger partial charge is 0.326 e. The third-order valence-electron chi connectivity index (χ3n) is 3.24. The summed E-state index contributed by atoms with van der Waals surface area (Å²) in [4.78, 5) is 24.9. The van der Waals surface area contributed by atoms with Crippen LogP contribution in [0.25, 0.3) is 0 Å². The summed E-state index contributed by atoms with van der Waals surface area (Å²) in [6.07, 6.45) is 2.58. The van der Waals surface area contributed by atoms with Crippen LogP contribution in [-0.2, 0) is 9.53 Å². The van der Waals surface area contributed by atoms with Crippen LogP contribution in [0, 0.1) is 5.92 Å². The van der Waals surface area contributed by atoms with Crippen LogP contribution in [0.1, 0.15) is 33.1 Å². The van der Waals surface area contributed by atoms with Crippen molar-refractivity contribution in [3.63, 3.8) is 0 Å². The largest absolute Gasteiger partial charge is 0.480 e. The van der Waals surface area contributed by atoms with Crippen LogP contribution in [0.15, 0.2) is 0 Å². The number of rotatable bonds is 8. The summed E-state index contributed by atoms with van der Waals surface area (Å²) >= 11 is 0. The molecule has 1 atom stereocenters. The molecule has 0 aromatic heterocycles. The van der Waals surface area contributed by atoms with Crippen LogP contribution < -0.4 is 5.32 Å². The molecule has 6 nitrogen and oxygen atoms in total. The van der Waals surface area contributed by atoms with Gasteiger partial charge in [-0.2, -0.15) is 0 Å². The van der Waals surface area contributed by atoms with Gasteiger partial charge in [0.05, 0.1) is 0 Å². The van der Waals surface area contributed by atoms with E-state index in [1.807, 2.05) is 13.8 Å². The van der Waals surface area contributed by atoms with Crippen molar-refractivity contribution >= 4 is 12.0 Å². The lowest BCUT2D eigenvalue weighted by atomic mass is 10.2. The fourth-order valence-corrected chi connectivity index (χ4v) is 1.83. The number of carbonyl (C=O) groups excluding carboxylic acids is 1. The first-order valence-electron chi connectivity index (χ1n) is 6.74. The normalized spacial score (nSPS) is 16.2. The molecule has 1 unspecified atom stereocenters. The number of methoxy groups -OCH3 is 1. The molecule has 1 rings (SSSR count). The van der Waals surface area contributed by atoms with Crippen LogP contribution in [0.5, 0.6) is 0 Å². The molecule has 19 heavy (non-hydrogen) atoms. The van der Waals surface area contributed by atoms with Gasteiger partial charge in [0.2, 0.25) is 0 Å². The van der Waals surface area contributed by atoms with Crippen molar-refractivity contribution in [2.45, 2.75) is 45.2 Å². The summed E-state index contributed by atoms with van der Waals surface area (Å²) in [5, 5.41) is 11.6. The number of ether oxygens (including phenoxy) is 1. The first kappa shape index (κ1) is 15.8. The Bertz CT molecular complexity index is 316. The van der Waals surface area contributed by atoms with Crippen molar-refractivity contribution in [2.75, 3.05) is 20.3 Å². The van der Waals surface area contributed by atoms with E-state index in [1.165, 1.54) is 7.11 Å². The molecule has 0 aromatic carbocycles. The fourth-order valence-electron chi connectivity index (χ4n) is 1.83. The predicted molar refractivity (Wildman–Crippen MR) is 71.0 cm³/mol. The Morgan fingerprint density at radius 3 is 2.47 bits per heavy atom. The minimum Gasteiger partial charge on any atom is -0.480 e. The van der Waals surface area contributed by atoms with Crippen molar-refractivity contribution in [2.24, 2.45) is 5.92 Å². The molecule has 6 heteroatoms. The summed E-state index contributed by atoms with van der Waals surface area (Å²) in [5.74, 6) is -0.448. The van der Waals surface area contributed by atoms with Gasteiger partial charge in [0, 0.05) is 32.7 Å². The molecule has 1 aliphatic carbocycles. The number of carboxylic acid groups (broad SMARTS) is 1. The molecule has 110 valence electrons. The highest BCUT2D eigenvalue weighted by Gasteiger charge is 2.30. The first-order valence-corrected chi connectivity index (χ1v) is 6.74. The Balaban J connectivity index is 2.53. The molecular weight excluding hydrogens is 248 g/mol. The van der Waals surface area contributed by atoms with Crippen LogP contribution in [-0.4, -0.2) is 54.4 Å². The number of nitrogens with zero attached hydrogens (tertiary/aromatic N) is 1. The van der Waals surface area contributed by atoms with Crippen molar-refractivity contribution in [1.82, 2.24) is 10.2 Å². The van der Waals surface area contributed by atoms with E-state index in [4.69, 9.17) is 9.84 Å². The van der Waals surface area contributed by atoms with Crippen LogP contribution in [0.4, 0.5) is 4.79 Å². The number of hydrogen-bond donors (Lipinski definition) is 2. The van der Waals surface area contributed by atoms with Gasteiger partial charge >= 0.3 is 12.0 Å². The maximum Gasteiger partial charge on any atom is 0.326 e. The SMILES string of the molecule is COCCC(NC(=O)N(CC1CC1)C(C)C)C(=O)O. The van der Waals surface area contributed by atoms with Crippen molar-refractivity contribution in [1.29, 1.82) is 0 Å². The van der Waals surface area contributed by atoms with Gasteiger partial charge in [0.25, 0.3) is 0 Å². The Hall–Kier alpha value is -1.30. The average Bonchev–Trinajstić information content (AvgIpc) is 3.14. The van der Waals surface area contributed by atoms with Gasteiger partial charge in [0.1, 0.15) is 6.04 Å². The second-order valence-electron chi connectivity index (χ2n) is 5.31. The maximum atomic E-state index is 12.1. The van der Waals surface area contributed by atoms with Crippen molar-refractivity contribution < 1.29 is 19.4 Å². The maximum absolute atomic E-state index is 12.1. The summed E-state index contributed by atoms with van der Waals surface area (Å²) in [6, 6.07) is -1.13. The van der Waals surface area contributed by atoms with Gasteiger partial charge in [-0.05, 0) is 32.6 Å². The second-order valence-corrected chi connectivity index (χ2v) is 5.31. The van der Waals surface area contributed by atoms with Gasteiger partial charge in [-0.3, -0.25) is 0 Å². The molecule has 0 aliphatic heterocycles. The van der Waals surface area contributed by atoms with E-state index in [2.05, 4.69) is 5.32 Å². The lowest BCUT2D eigenvalue weighted by Gasteiger charge is -2.28. The zero-order chi connectivity index (χ0) is 14.4. The van der Waals surface area contributed by atoms with Crippen molar-refractivity contribution in [3.8, 4) is 0 Å². The van der Waals surface area contributed by atoms with Gasteiger partial charge in [-0.1, -0.05) is 0 Å². The number of hydrogen-bond acceptors (Lipinski definition) is 3. The Labute approximate surface area is 114 Å². The van der Waals surface area contributed by atoms with Crippen LogP contribution in [0.2, 0.25) is 0 Å². The highest BCUT2D eigenvalue weighted by atomic mass is 16.5. The lowest BCUT2D eigenvalue weighted by Crippen LogP contribution is -2.51. The lowest BCUT2D eigenvalue weighted by molar-refractivity contribution is -0.139. The number of carboxylic acids is 1. The monoisotopic (exact) mass is 272 g/mol. The number of amides is 2. The zero-order valence-electron chi connectivity index (χ0n) is 11.9. The van der Waals surface area contributed by atoms with Crippen molar-refractivity contribution in [3.05, 3.63) is 0 Å². The number of urea groups is 1. The number of nitrogens with one attached hydrogen (secondary N) is 1. The molecule has 0 aromatic rings. The van der Waals surface area contributed by atoms with Gasteiger partial charge in [-0.25, -0.2) is 9.59 Å². The third kappa shape index (κ3) is 5.46. The molecule has 0 bridgehead atoms. The van der Waals surface area contributed by atoms with E-state index in [1.54, 1.807) is 4.90 Å². The van der Waals surface area contributed by atoms with E-state index in [-0.39, 0.29) is 18.5 Å².